The Balaban J connectivity index is 1.22. The van der Waals surface area contributed by atoms with Crippen LogP contribution in [0.25, 0.3) is 65.7 Å². The molecule has 0 unspecified atom stereocenters. The molecule has 0 saturated carbocycles. The Morgan fingerprint density at radius 3 is 1.89 bits per heavy atom. The average Bonchev–Trinajstić information content (AvgIpc) is 3.45. The third-order valence-corrected chi connectivity index (χ3v) is 12.8. The van der Waals surface area contributed by atoms with Crippen LogP contribution in [0.4, 0.5) is 17.1 Å². The second kappa shape index (κ2) is 11.5. The van der Waals surface area contributed by atoms with Crippen LogP contribution in [-0.2, 0) is 10.8 Å². The van der Waals surface area contributed by atoms with Crippen LogP contribution in [0.15, 0.2) is 176 Å². The molecule has 1 heteroatoms. The van der Waals surface area contributed by atoms with E-state index in [2.05, 4.69) is 209 Å². The third-order valence-electron chi connectivity index (χ3n) is 12.8. The van der Waals surface area contributed by atoms with Crippen molar-refractivity contribution in [2.24, 2.45) is 0 Å². The van der Waals surface area contributed by atoms with Gasteiger partial charge in [0.25, 0.3) is 0 Å². The molecule has 0 spiro atoms. The number of rotatable bonds is 4. The van der Waals surface area contributed by atoms with Crippen LogP contribution in [0.2, 0.25) is 0 Å². The predicted octanol–water partition coefficient (Wildman–Crippen LogP) is 14.9. The van der Waals surface area contributed by atoms with Gasteiger partial charge in [-0.1, -0.05) is 173 Å². The number of fused-ring (bicyclic) bond motifs is 7. The highest BCUT2D eigenvalue weighted by atomic mass is 15.1. The van der Waals surface area contributed by atoms with E-state index in [1.165, 1.54) is 105 Å². The minimum Gasteiger partial charge on any atom is -0.310 e. The van der Waals surface area contributed by atoms with Gasteiger partial charge in [0, 0.05) is 21.9 Å². The standard InChI is InChI=1S/C54H41N/c1-53(2)45-22-10-9-20-42(45)43-31-29-39(33-47(43)53)55(48-24-12-17-35-15-7-8-19-40(35)48)49-25-13-21-44-51-41(38-27-26-34-14-5-6-16-37(34)32-38)30-28-36-18-11-23-46(50(36)51)54(3,4)52(44)49/h5-33H,1-4H3. The summed E-state index contributed by atoms with van der Waals surface area (Å²) in [5.74, 6) is 0. The Morgan fingerprint density at radius 1 is 0.382 bits per heavy atom. The van der Waals surface area contributed by atoms with E-state index in [4.69, 9.17) is 0 Å². The monoisotopic (exact) mass is 703 g/mol. The number of hydrogen-bond acceptors (Lipinski definition) is 1. The molecule has 55 heavy (non-hydrogen) atoms. The van der Waals surface area contributed by atoms with Crippen LogP contribution in [0.1, 0.15) is 49.9 Å². The minimum atomic E-state index is -0.296. The maximum absolute atomic E-state index is 2.56. The van der Waals surface area contributed by atoms with Crippen molar-refractivity contribution in [3.05, 3.63) is 198 Å². The fraction of sp³-hybridized carbons (Fsp3) is 0.111. The lowest BCUT2D eigenvalue weighted by atomic mass is 9.66. The fourth-order valence-corrected chi connectivity index (χ4v) is 10.1. The van der Waals surface area contributed by atoms with Gasteiger partial charge in [-0.25, -0.2) is 0 Å². The molecule has 0 aromatic heterocycles. The molecule has 0 atom stereocenters. The van der Waals surface area contributed by atoms with Crippen LogP contribution >= 0.6 is 0 Å². The van der Waals surface area contributed by atoms with Gasteiger partial charge in [-0.2, -0.15) is 0 Å². The molecule has 0 fully saturated rings. The minimum absolute atomic E-state index is 0.120. The summed E-state index contributed by atoms with van der Waals surface area (Å²) in [6.07, 6.45) is 0. The van der Waals surface area contributed by atoms with E-state index < -0.39 is 0 Å². The average molecular weight is 704 g/mol. The van der Waals surface area contributed by atoms with Crippen molar-refractivity contribution in [1.29, 1.82) is 0 Å². The topological polar surface area (TPSA) is 3.24 Å². The number of benzene rings is 9. The number of nitrogens with zero attached hydrogens (tertiary/aromatic N) is 1. The summed E-state index contributed by atoms with van der Waals surface area (Å²) in [5, 5.41) is 7.63. The predicted molar refractivity (Wildman–Crippen MR) is 234 cm³/mol. The Kier molecular flexibility index (Phi) is 6.72. The third kappa shape index (κ3) is 4.53. The number of hydrogen-bond donors (Lipinski definition) is 0. The molecule has 0 N–H and O–H groups in total. The maximum atomic E-state index is 2.56. The molecule has 2 aliphatic rings. The summed E-state index contributed by atoms with van der Waals surface area (Å²) >= 11 is 0. The molecule has 9 aromatic carbocycles. The van der Waals surface area contributed by atoms with Gasteiger partial charge < -0.3 is 4.90 Å². The largest absolute Gasteiger partial charge is 0.310 e. The van der Waals surface area contributed by atoms with E-state index in [0.717, 1.165) is 0 Å². The Hall–Kier alpha value is -6.44. The van der Waals surface area contributed by atoms with Gasteiger partial charge in [0.1, 0.15) is 0 Å². The molecular formula is C54H41N. The van der Waals surface area contributed by atoms with Gasteiger partial charge in [0.2, 0.25) is 0 Å². The first kappa shape index (κ1) is 32.0. The van der Waals surface area contributed by atoms with E-state index >= 15 is 0 Å². The molecule has 0 aliphatic heterocycles. The molecule has 262 valence electrons. The zero-order valence-electron chi connectivity index (χ0n) is 31.7. The summed E-state index contributed by atoms with van der Waals surface area (Å²) in [4.78, 5) is 2.56. The lowest BCUT2D eigenvalue weighted by Gasteiger charge is -2.40. The second-order valence-electron chi connectivity index (χ2n) is 16.5. The van der Waals surface area contributed by atoms with Crippen LogP contribution in [0, 0.1) is 0 Å². The highest BCUT2D eigenvalue weighted by Gasteiger charge is 2.40. The summed E-state index contributed by atoms with van der Waals surface area (Å²) in [5.41, 5.74) is 16.4. The first-order valence-corrected chi connectivity index (χ1v) is 19.5. The maximum Gasteiger partial charge on any atom is 0.0540 e. The van der Waals surface area contributed by atoms with Gasteiger partial charge in [0.15, 0.2) is 0 Å². The van der Waals surface area contributed by atoms with Crippen LogP contribution in [0.5, 0.6) is 0 Å². The first-order valence-electron chi connectivity index (χ1n) is 19.5. The molecule has 2 aliphatic carbocycles. The zero-order valence-corrected chi connectivity index (χ0v) is 31.7. The SMILES string of the molecule is CC1(C)c2ccccc2-c2ccc(N(c3cccc4c3C(C)(C)c3cccc5ccc(-c6ccc7ccccc7c6)c-4c35)c3cccc4ccccc34)cc21. The van der Waals surface area contributed by atoms with Gasteiger partial charge in [-0.05, 0) is 113 Å². The molecule has 11 rings (SSSR count). The smallest absolute Gasteiger partial charge is 0.0540 e. The molecule has 9 aromatic rings. The Labute approximate surface area is 323 Å². The van der Waals surface area contributed by atoms with Crippen molar-refractivity contribution < 1.29 is 0 Å². The van der Waals surface area contributed by atoms with E-state index in [0.29, 0.717) is 0 Å². The molecular weight excluding hydrogens is 663 g/mol. The molecule has 0 bridgehead atoms. The summed E-state index contributed by atoms with van der Waals surface area (Å²) in [6, 6.07) is 65.9. The van der Waals surface area contributed by atoms with Gasteiger partial charge >= 0.3 is 0 Å². The lowest BCUT2D eigenvalue weighted by Crippen LogP contribution is -2.27. The van der Waals surface area contributed by atoms with E-state index in [9.17, 15) is 0 Å². The number of anilines is 3. The van der Waals surface area contributed by atoms with Crippen LogP contribution in [-0.4, -0.2) is 0 Å². The van der Waals surface area contributed by atoms with Crippen molar-refractivity contribution >= 4 is 49.4 Å². The van der Waals surface area contributed by atoms with Gasteiger partial charge in [0.05, 0.1) is 11.4 Å². The molecule has 0 amide bonds. The van der Waals surface area contributed by atoms with E-state index in [1.807, 2.05) is 0 Å². The zero-order chi connectivity index (χ0) is 37.1. The van der Waals surface area contributed by atoms with Crippen LogP contribution in [0.3, 0.4) is 0 Å². The highest BCUT2D eigenvalue weighted by Crippen LogP contribution is 2.57. The van der Waals surface area contributed by atoms with Gasteiger partial charge in [-0.3, -0.25) is 0 Å². The Bertz CT molecular complexity index is 3050. The quantitative estimate of drug-likeness (QED) is 0.176. The lowest BCUT2D eigenvalue weighted by molar-refractivity contribution is 0.645. The molecule has 0 radical (unpaired) electrons. The first-order chi connectivity index (χ1) is 26.8. The normalized spacial score (nSPS) is 14.5. The van der Waals surface area contributed by atoms with Crippen molar-refractivity contribution in [2.45, 2.75) is 38.5 Å². The van der Waals surface area contributed by atoms with E-state index in [1.54, 1.807) is 0 Å². The fourth-order valence-electron chi connectivity index (χ4n) is 10.1. The van der Waals surface area contributed by atoms with Crippen molar-refractivity contribution in [3.63, 3.8) is 0 Å². The van der Waals surface area contributed by atoms with Crippen molar-refractivity contribution in [1.82, 2.24) is 0 Å². The Morgan fingerprint density at radius 2 is 1.00 bits per heavy atom. The summed E-state index contributed by atoms with van der Waals surface area (Å²) in [6.45, 7) is 9.62. The summed E-state index contributed by atoms with van der Waals surface area (Å²) in [7, 11) is 0. The molecule has 0 heterocycles. The molecule has 1 nitrogen and oxygen atoms in total. The highest BCUT2D eigenvalue weighted by molar-refractivity contribution is 6.11. The van der Waals surface area contributed by atoms with Gasteiger partial charge in [-0.15, -0.1) is 0 Å². The van der Waals surface area contributed by atoms with Crippen molar-refractivity contribution in [2.75, 3.05) is 4.90 Å². The van der Waals surface area contributed by atoms with Crippen LogP contribution < -0.4 is 4.90 Å². The summed E-state index contributed by atoms with van der Waals surface area (Å²) < 4.78 is 0. The van der Waals surface area contributed by atoms with Crippen molar-refractivity contribution in [3.8, 4) is 33.4 Å². The molecule has 0 saturated heterocycles. The second-order valence-corrected chi connectivity index (χ2v) is 16.5. The van der Waals surface area contributed by atoms with E-state index in [-0.39, 0.29) is 10.8 Å².